The van der Waals surface area contributed by atoms with Gasteiger partial charge in [-0.2, -0.15) is 0 Å². The monoisotopic (exact) mass is 560 g/mol. The lowest BCUT2D eigenvalue weighted by Crippen LogP contribution is -2.62. The molecule has 0 spiro atoms. The van der Waals surface area contributed by atoms with Crippen molar-refractivity contribution < 1.29 is 9.53 Å². The molecule has 1 aromatic carbocycles. The molecule has 2 saturated heterocycles. The predicted octanol–water partition coefficient (Wildman–Crippen LogP) is 5.97. The lowest BCUT2D eigenvalue weighted by atomic mass is 9.86. The minimum absolute atomic E-state index is 0.148. The normalized spacial score (nSPS) is 24.8. The predicted molar refractivity (Wildman–Crippen MR) is 163 cm³/mol. The van der Waals surface area contributed by atoms with Crippen LogP contribution in [0.15, 0.2) is 59.5 Å². The highest BCUT2D eigenvalue weighted by Gasteiger charge is 2.41. The number of carbonyl (C=O) groups excluding carboxylic acids is 1. The molecule has 4 heterocycles. The number of piperidine rings is 1. The van der Waals surface area contributed by atoms with Gasteiger partial charge in [0.2, 0.25) is 0 Å². The first-order valence-corrected chi connectivity index (χ1v) is 16.2. The molecule has 3 aliphatic heterocycles. The molecule has 7 heteroatoms. The van der Waals surface area contributed by atoms with Crippen LogP contribution in [0.3, 0.4) is 0 Å². The van der Waals surface area contributed by atoms with Gasteiger partial charge in [0.25, 0.3) is 5.91 Å². The van der Waals surface area contributed by atoms with Crippen molar-refractivity contribution in [1.82, 2.24) is 19.7 Å². The van der Waals surface area contributed by atoms with Gasteiger partial charge in [-0.15, -0.1) is 11.8 Å². The Kier molecular flexibility index (Phi) is 8.25. The number of piperazine rings is 1. The van der Waals surface area contributed by atoms with Crippen LogP contribution in [-0.4, -0.2) is 82.3 Å². The number of benzene rings is 1. The molecule has 1 saturated carbocycles. The summed E-state index contributed by atoms with van der Waals surface area (Å²) in [4.78, 5) is 25.9. The number of pyridine rings is 1. The van der Waals surface area contributed by atoms with Crippen molar-refractivity contribution in [3.8, 4) is 11.1 Å². The molecular weight excluding hydrogens is 516 g/mol. The van der Waals surface area contributed by atoms with Crippen LogP contribution in [0, 0.1) is 5.92 Å². The third kappa shape index (κ3) is 5.97. The Morgan fingerprint density at radius 1 is 1.05 bits per heavy atom. The standard InChI is InChI=1S/C33H44N4O2S/c1-24-22-36(19-20-37(24)25(2)27-6-8-28(9-7-27)29-10-15-34-16-11-29)33(3)13-17-35(18-14-33)32(38)31-30(12-21-40-31)39-23-26-4-5-26/h6-11,15-16,24-26H,4-5,12-14,17-23H2,1-3H3/t24-,25+/m1/s1. The molecule has 2 atom stereocenters. The molecule has 1 aliphatic carbocycles. The van der Waals surface area contributed by atoms with Gasteiger partial charge < -0.3 is 9.64 Å². The second-order valence-electron chi connectivity index (χ2n) is 12.5. The first kappa shape index (κ1) is 27.8. The van der Waals surface area contributed by atoms with Gasteiger partial charge in [0.1, 0.15) is 10.7 Å². The van der Waals surface area contributed by atoms with Gasteiger partial charge in [-0.05, 0) is 81.2 Å². The van der Waals surface area contributed by atoms with Crippen LogP contribution in [0.5, 0.6) is 0 Å². The number of carbonyl (C=O) groups is 1. The van der Waals surface area contributed by atoms with E-state index in [1.807, 2.05) is 12.4 Å². The molecule has 3 fully saturated rings. The molecule has 40 heavy (non-hydrogen) atoms. The molecule has 0 radical (unpaired) electrons. The van der Waals surface area contributed by atoms with Gasteiger partial charge in [0.15, 0.2) is 0 Å². The fraction of sp³-hybridized carbons (Fsp3) is 0.576. The van der Waals surface area contributed by atoms with E-state index in [4.69, 9.17) is 4.74 Å². The van der Waals surface area contributed by atoms with Crippen molar-refractivity contribution in [2.24, 2.45) is 5.92 Å². The van der Waals surface area contributed by atoms with Gasteiger partial charge in [0, 0.05) is 74.9 Å². The molecule has 1 aromatic heterocycles. The Balaban J connectivity index is 1.03. The average molecular weight is 561 g/mol. The van der Waals surface area contributed by atoms with E-state index < -0.39 is 0 Å². The Morgan fingerprint density at radius 2 is 1.75 bits per heavy atom. The average Bonchev–Trinajstić information content (AvgIpc) is 3.71. The van der Waals surface area contributed by atoms with Crippen molar-refractivity contribution in [2.45, 2.75) is 70.5 Å². The summed E-state index contributed by atoms with van der Waals surface area (Å²) >= 11 is 1.70. The van der Waals surface area contributed by atoms with Crippen molar-refractivity contribution in [3.05, 3.63) is 65.0 Å². The highest BCUT2D eigenvalue weighted by molar-refractivity contribution is 8.04. The topological polar surface area (TPSA) is 48.9 Å². The number of allylic oxidation sites excluding steroid dienone is 1. The summed E-state index contributed by atoms with van der Waals surface area (Å²) in [5.41, 5.74) is 3.96. The number of hydrogen-bond donors (Lipinski definition) is 0. The summed E-state index contributed by atoms with van der Waals surface area (Å²) in [6.07, 6.45) is 9.23. The second kappa shape index (κ2) is 11.9. The van der Waals surface area contributed by atoms with E-state index in [0.717, 1.165) is 75.0 Å². The molecule has 1 amide bonds. The summed E-state index contributed by atoms with van der Waals surface area (Å²) in [6.45, 7) is 12.8. The summed E-state index contributed by atoms with van der Waals surface area (Å²) in [5.74, 6) is 2.86. The van der Waals surface area contributed by atoms with Crippen LogP contribution in [0.25, 0.3) is 11.1 Å². The number of thioether (sulfide) groups is 1. The molecule has 0 N–H and O–H groups in total. The van der Waals surface area contributed by atoms with Crippen molar-refractivity contribution in [3.63, 3.8) is 0 Å². The summed E-state index contributed by atoms with van der Waals surface area (Å²) in [7, 11) is 0. The molecule has 6 rings (SSSR count). The van der Waals surface area contributed by atoms with Gasteiger partial charge in [-0.25, -0.2) is 0 Å². The third-order valence-corrected chi connectivity index (χ3v) is 10.8. The minimum Gasteiger partial charge on any atom is -0.496 e. The van der Waals surface area contributed by atoms with E-state index in [-0.39, 0.29) is 11.4 Å². The van der Waals surface area contributed by atoms with Gasteiger partial charge in [-0.3, -0.25) is 19.6 Å². The summed E-state index contributed by atoms with van der Waals surface area (Å²) < 4.78 is 6.08. The van der Waals surface area contributed by atoms with Gasteiger partial charge >= 0.3 is 0 Å². The zero-order valence-electron chi connectivity index (χ0n) is 24.3. The minimum atomic E-state index is 0.148. The molecule has 0 bridgehead atoms. The van der Waals surface area contributed by atoms with Crippen LogP contribution in [0.1, 0.15) is 64.5 Å². The first-order valence-electron chi connectivity index (χ1n) is 15.2. The molecule has 2 aromatic rings. The van der Waals surface area contributed by atoms with Crippen LogP contribution in [0.4, 0.5) is 0 Å². The Bertz CT molecular complexity index is 1200. The maximum absolute atomic E-state index is 13.4. The van der Waals surface area contributed by atoms with Gasteiger partial charge in [-0.1, -0.05) is 24.3 Å². The lowest BCUT2D eigenvalue weighted by molar-refractivity contribution is -0.129. The fourth-order valence-electron chi connectivity index (χ4n) is 6.64. The van der Waals surface area contributed by atoms with E-state index in [1.54, 1.807) is 11.8 Å². The number of ether oxygens (including phenoxy) is 1. The quantitative estimate of drug-likeness (QED) is 0.396. The molecule has 0 unspecified atom stereocenters. The zero-order valence-corrected chi connectivity index (χ0v) is 25.2. The lowest BCUT2D eigenvalue weighted by Gasteiger charge is -2.52. The van der Waals surface area contributed by atoms with Crippen molar-refractivity contribution in [2.75, 3.05) is 45.1 Å². The second-order valence-corrected chi connectivity index (χ2v) is 13.6. The van der Waals surface area contributed by atoms with Crippen LogP contribution in [-0.2, 0) is 9.53 Å². The molecular formula is C33H44N4O2S. The van der Waals surface area contributed by atoms with E-state index >= 15 is 0 Å². The van der Waals surface area contributed by atoms with E-state index in [2.05, 4.69) is 76.9 Å². The third-order valence-electron chi connectivity index (χ3n) is 9.69. The number of aromatic nitrogens is 1. The Morgan fingerprint density at radius 3 is 2.42 bits per heavy atom. The molecule has 214 valence electrons. The van der Waals surface area contributed by atoms with Crippen LogP contribution >= 0.6 is 11.8 Å². The van der Waals surface area contributed by atoms with E-state index in [9.17, 15) is 4.79 Å². The van der Waals surface area contributed by atoms with Crippen molar-refractivity contribution in [1.29, 1.82) is 0 Å². The maximum Gasteiger partial charge on any atom is 0.263 e. The van der Waals surface area contributed by atoms with Crippen molar-refractivity contribution >= 4 is 17.7 Å². The fourth-order valence-corrected chi connectivity index (χ4v) is 7.71. The van der Waals surface area contributed by atoms with Crippen LogP contribution in [0.2, 0.25) is 0 Å². The molecule has 4 aliphatic rings. The zero-order chi connectivity index (χ0) is 27.7. The number of amides is 1. The highest BCUT2D eigenvalue weighted by Crippen LogP contribution is 2.38. The Hall–Kier alpha value is -2.35. The van der Waals surface area contributed by atoms with E-state index in [1.165, 1.54) is 29.5 Å². The number of likely N-dealkylation sites (tertiary alicyclic amines) is 1. The first-order chi connectivity index (χ1) is 19.4. The van der Waals surface area contributed by atoms with Crippen LogP contribution < -0.4 is 0 Å². The largest absolute Gasteiger partial charge is 0.496 e. The highest BCUT2D eigenvalue weighted by atomic mass is 32.2. The smallest absolute Gasteiger partial charge is 0.263 e. The maximum atomic E-state index is 13.4. The van der Waals surface area contributed by atoms with Gasteiger partial charge in [0.05, 0.1) is 6.61 Å². The number of nitrogens with zero attached hydrogens (tertiary/aromatic N) is 4. The Labute approximate surface area is 244 Å². The summed E-state index contributed by atoms with van der Waals surface area (Å²) in [6, 6.07) is 14.0. The van der Waals surface area contributed by atoms with E-state index in [0.29, 0.717) is 18.0 Å². The summed E-state index contributed by atoms with van der Waals surface area (Å²) in [5, 5.41) is 0. The number of rotatable bonds is 8. The number of hydrogen-bond acceptors (Lipinski definition) is 6. The molecule has 6 nitrogen and oxygen atoms in total. The SMILES string of the molecule is C[C@@H]1CN(C2(C)CCN(C(=O)C3=C(OCC4CC4)CCS3)CC2)CCN1[C@@H](C)c1ccc(-c2ccncc2)cc1.